The number of aliphatic hydroxyl groups excluding tert-OH is 1. The van der Waals surface area contributed by atoms with Crippen molar-refractivity contribution in [3.63, 3.8) is 0 Å². The number of aliphatic hydroxyl groups is 2. The molecule has 0 saturated carbocycles. The lowest BCUT2D eigenvalue weighted by Gasteiger charge is -2.40. The maximum Gasteiger partial charge on any atom is 0.163 e. The number of hydrogen-bond acceptors (Lipinski definition) is 4. The molecule has 1 fully saturated rings. The van der Waals surface area contributed by atoms with Crippen LogP contribution < -0.4 is 0 Å². The third-order valence-electron chi connectivity index (χ3n) is 4.27. The Labute approximate surface area is 129 Å². The van der Waals surface area contributed by atoms with E-state index in [0.717, 1.165) is 12.8 Å². The molecule has 4 nitrogen and oxygen atoms in total. The fourth-order valence-electron chi connectivity index (χ4n) is 3.60. The molecule has 1 rings (SSSR count). The van der Waals surface area contributed by atoms with Crippen molar-refractivity contribution < 1.29 is 19.7 Å². The summed E-state index contributed by atoms with van der Waals surface area (Å²) in [7, 11) is 0. The Balaban J connectivity index is 2.96. The minimum absolute atomic E-state index is 0.0854. The van der Waals surface area contributed by atoms with E-state index in [2.05, 4.69) is 27.7 Å². The third kappa shape index (κ3) is 4.92. The average Bonchev–Trinajstić information content (AvgIpc) is 2.61. The minimum Gasteiger partial charge on any atom is -0.394 e. The molecule has 0 aromatic rings. The van der Waals surface area contributed by atoms with E-state index < -0.39 is 11.4 Å². The van der Waals surface area contributed by atoms with Gasteiger partial charge in [-0.25, -0.2) is 0 Å². The van der Waals surface area contributed by atoms with E-state index in [1.807, 2.05) is 20.8 Å². The largest absolute Gasteiger partial charge is 0.394 e. The summed E-state index contributed by atoms with van der Waals surface area (Å²) in [6, 6.07) is 0. The zero-order chi connectivity index (χ0) is 16.4. The fraction of sp³-hybridized carbons (Fsp3) is 1.00. The molecule has 0 aromatic carbocycles. The van der Waals surface area contributed by atoms with Crippen molar-refractivity contribution in [3.05, 3.63) is 0 Å². The van der Waals surface area contributed by atoms with Crippen LogP contribution in [0.2, 0.25) is 0 Å². The zero-order valence-electron chi connectivity index (χ0n) is 14.7. The molecule has 0 unspecified atom stereocenters. The van der Waals surface area contributed by atoms with Crippen molar-refractivity contribution in [2.75, 3.05) is 6.61 Å². The summed E-state index contributed by atoms with van der Waals surface area (Å²) in [5.74, 6) is 0.00235. The van der Waals surface area contributed by atoms with Gasteiger partial charge < -0.3 is 19.7 Å². The Bertz CT molecular complexity index is 315. The Hall–Kier alpha value is -0.160. The topological polar surface area (TPSA) is 58.9 Å². The van der Waals surface area contributed by atoms with Crippen LogP contribution in [0.3, 0.4) is 0 Å². The van der Waals surface area contributed by atoms with Gasteiger partial charge >= 0.3 is 0 Å². The molecular weight excluding hydrogens is 268 g/mol. The molecule has 4 heteroatoms. The van der Waals surface area contributed by atoms with Gasteiger partial charge in [0, 0.05) is 5.92 Å². The highest BCUT2D eigenvalue weighted by molar-refractivity contribution is 4.95. The van der Waals surface area contributed by atoms with Crippen LogP contribution in [0, 0.1) is 17.8 Å². The first-order chi connectivity index (χ1) is 9.50. The van der Waals surface area contributed by atoms with Crippen LogP contribution in [-0.2, 0) is 9.47 Å². The van der Waals surface area contributed by atoms with Gasteiger partial charge in [-0.3, -0.25) is 0 Å². The van der Waals surface area contributed by atoms with Gasteiger partial charge in [0.2, 0.25) is 0 Å². The summed E-state index contributed by atoms with van der Waals surface area (Å²) >= 11 is 0. The summed E-state index contributed by atoms with van der Waals surface area (Å²) < 4.78 is 11.7. The van der Waals surface area contributed by atoms with Gasteiger partial charge in [0.05, 0.1) is 18.3 Å². The molecule has 2 N–H and O–H groups in total. The van der Waals surface area contributed by atoms with Gasteiger partial charge in [-0.1, -0.05) is 34.6 Å². The second-order valence-corrected chi connectivity index (χ2v) is 7.91. The predicted octanol–water partition coefficient (Wildman–Crippen LogP) is 2.96. The lowest BCUT2D eigenvalue weighted by Crippen LogP contribution is -2.48. The van der Waals surface area contributed by atoms with Crippen LogP contribution in [0.4, 0.5) is 0 Å². The summed E-state index contributed by atoms with van der Waals surface area (Å²) in [6.45, 7) is 14.1. The van der Waals surface area contributed by atoms with Crippen LogP contribution in [0.1, 0.15) is 61.3 Å². The van der Waals surface area contributed by atoms with E-state index in [4.69, 9.17) is 9.47 Å². The van der Waals surface area contributed by atoms with E-state index in [1.165, 1.54) is 0 Å². The Morgan fingerprint density at radius 2 is 1.48 bits per heavy atom. The van der Waals surface area contributed by atoms with Crippen LogP contribution in [0.25, 0.3) is 0 Å². The van der Waals surface area contributed by atoms with Crippen molar-refractivity contribution in [2.45, 2.75) is 84.9 Å². The molecule has 0 aromatic heterocycles. The molecule has 1 aliphatic heterocycles. The highest BCUT2D eigenvalue weighted by Crippen LogP contribution is 2.40. The third-order valence-corrected chi connectivity index (χ3v) is 4.27. The maximum absolute atomic E-state index is 11.2. The Morgan fingerprint density at radius 3 is 1.86 bits per heavy atom. The molecule has 0 radical (unpaired) electrons. The number of rotatable bonds is 7. The molecule has 3 atom stereocenters. The number of ether oxygens (including phenoxy) is 2. The minimum atomic E-state index is -0.801. The van der Waals surface area contributed by atoms with Crippen molar-refractivity contribution in [1.29, 1.82) is 0 Å². The van der Waals surface area contributed by atoms with Crippen molar-refractivity contribution in [3.8, 4) is 0 Å². The first-order valence-electron chi connectivity index (χ1n) is 8.19. The quantitative estimate of drug-likeness (QED) is 0.759. The first-order valence-corrected chi connectivity index (χ1v) is 8.19. The zero-order valence-corrected chi connectivity index (χ0v) is 14.7. The van der Waals surface area contributed by atoms with Crippen molar-refractivity contribution in [2.24, 2.45) is 17.8 Å². The van der Waals surface area contributed by atoms with E-state index >= 15 is 0 Å². The normalized spacial score (nSPS) is 27.6. The Morgan fingerprint density at radius 1 is 1.00 bits per heavy atom. The molecule has 0 amide bonds. The first kappa shape index (κ1) is 18.9. The van der Waals surface area contributed by atoms with Gasteiger partial charge in [-0.2, -0.15) is 0 Å². The molecule has 126 valence electrons. The van der Waals surface area contributed by atoms with E-state index in [9.17, 15) is 10.2 Å². The molecule has 1 heterocycles. The number of hydrogen-bond donors (Lipinski definition) is 2. The van der Waals surface area contributed by atoms with Crippen molar-refractivity contribution >= 4 is 0 Å². The lowest BCUT2D eigenvalue weighted by atomic mass is 9.73. The summed E-state index contributed by atoms with van der Waals surface area (Å²) in [5.41, 5.74) is -0.801. The van der Waals surface area contributed by atoms with Crippen molar-refractivity contribution in [1.82, 2.24) is 0 Å². The molecular formula is C17H34O4. The second-order valence-electron chi connectivity index (χ2n) is 7.91. The Kier molecular flexibility index (Phi) is 6.25. The fourth-order valence-corrected chi connectivity index (χ4v) is 3.60. The monoisotopic (exact) mass is 302 g/mol. The average molecular weight is 302 g/mol. The molecule has 1 aliphatic rings. The molecule has 1 saturated heterocycles. The van der Waals surface area contributed by atoms with Gasteiger partial charge in [0.15, 0.2) is 5.79 Å². The lowest BCUT2D eigenvalue weighted by molar-refractivity contribution is -0.164. The summed E-state index contributed by atoms with van der Waals surface area (Å²) in [6.07, 6.45) is 0.795. The van der Waals surface area contributed by atoms with Crippen LogP contribution in [0.15, 0.2) is 0 Å². The molecule has 0 bridgehead atoms. The highest BCUT2D eigenvalue weighted by atomic mass is 16.8. The molecule has 0 spiro atoms. The summed E-state index contributed by atoms with van der Waals surface area (Å²) in [4.78, 5) is 0. The highest BCUT2D eigenvalue weighted by Gasteiger charge is 2.49. The van der Waals surface area contributed by atoms with Crippen LogP contribution in [0.5, 0.6) is 0 Å². The standard InChI is InChI=1S/C17H34O4/c1-11(2)8-17(19,9-12(3)4)13(5)15-14(10-18)20-16(6,7)21-15/h11-15,18-19H,8-10H2,1-7H3/t13-,14+,15-/m1/s1. The van der Waals surface area contributed by atoms with Crippen LogP contribution in [-0.4, -0.2) is 40.4 Å². The predicted molar refractivity (Wildman–Crippen MR) is 83.9 cm³/mol. The summed E-state index contributed by atoms with van der Waals surface area (Å²) in [5, 5.41) is 20.8. The SMILES string of the molecule is CC(C)CC(O)(CC(C)C)[C@H](C)[C@H]1OC(C)(C)O[C@H]1CO. The van der Waals surface area contributed by atoms with Gasteiger partial charge in [-0.05, 0) is 38.5 Å². The van der Waals surface area contributed by atoms with E-state index in [0.29, 0.717) is 11.8 Å². The smallest absolute Gasteiger partial charge is 0.163 e. The van der Waals surface area contributed by atoms with Gasteiger partial charge in [0.1, 0.15) is 6.10 Å². The molecule has 21 heavy (non-hydrogen) atoms. The van der Waals surface area contributed by atoms with Gasteiger partial charge in [-0.15, -0.1) is 0 Å². The van der Waals surface area contributed by atoms with Gasteiger partial charge in [0.25, 0.3) is 0 Å². The van der Waals surface area contributed by atoms with E-state index in [1.54, 1.807) is 0 Å². The molecule has 0 aliphatic carbocycles. The second kappa shape index (κ2) is 6.95. The maximum atomic E-state index is 11.2. The van der Waals surface area contributed by atoms with Crippen LogP contribution >= 0.6 is 0 Å². The van der Waals surface area contributed by atoms with E-state index in [-0.39, 0.29) is 24.7 Å².